The van der Waals surface area contributed by atoms with Crippen molar-refractivity contribution >= 4 is 20.0 Å². The Bertz CT molecular complexity index is 942. The van der Waals surface area contributed by atoms with Gasteiger partial charge < -0.3 is 0 Å². The molecule has 0 bridgehead atoms. The van der Waals surface area contributed by atoms with Gasteiger partial charge in [-0.05, 0) is 42.8 Å². The average Bonchev–Trinajstić information content (AvgIpc) is 2.52. The molecule has 2 aromatic carbocycles. The molecule has 0 fully saturated rings. The Morgan fingerprint density at radius 2 is 1.58 bits per heavy atom. The summed E-state index contributed by atoms with van der Waals surface area (Å²) in [5.41, 5.74) is 0.574. The topological polar surface area (TPSA) is 97.5 Å². The van der Waals surface area contributed by atoms with Gasteiger partial charge in [0.05, 0.1) is 9.79 Å². The van der Waals surface area contributed by atoms with Gasteiger partial charge in [-0.25, -0.2) is 26.4 Å². The molecule has 0 saturated carbocycles. The van der Waals surface area contributed by atoms with Crippen LogP contribution in [0.3, 0.4) is 0 Å². The zero-order chi connectivity index (χ0) is 18.1. The Hall–Kier alpha value is -1.81. The molecule has 2 rings (SSSR count). The maximum absolute atomic E-state index is 13.3. The molecule has 0 aliphatic rings. The molecule has 130 valence electrons. The SMILES string of the molecule is C[C@H](c1ccc(S(N)(=O)=O)cc1)N(C)S(=O)(=O)c1cccc(F)c1. The minimum atomic E-state index is -3.90. The van der Waals surface area contributed by atoms with Crippen LogP contribution >= 0.6 is 0 Å². The summed E-state index contributed by atoms with van der Waals surface area (Å²) < 4.78 is 62.0. The van der Waals surface area contributed by atoms with Gasteiger partial charge in [0.2, 0.25) is 20.0 Å². The quantitative estimate of drug-likeness (QED) is 0.866. The smallest absolute Gasteiger partial charge is 0.225 e. The van der Waals surface area contributed by atoms with Crippen LogP contribution in [0.1, 0.15) is 18.5 Å². The van der Waals surface area contributed by atoms with E-state index in [9.17, 15) is 21.2 Å². The Morgan fingerprint density at radius 1 is 1.00 bits per heavy atom. The van der Waals surface area contributed by atoms with Crippen LogP contribution in [0.4, 0.5) is 4.39 Å². The van der Waals surface area contributed by atoms with Gasteiger partial charge in [0, 0.05) is 13.1 Å². The second-order valence-corrected chi connectivity index (χ2v) is 8.83. The molecule has 0 amide bonds. The molecule has 0 aromatic heterocycles. The molecular weight excluding hydrogens is 355 g/mol. The first kappa shape index (κ1) is 18.5. The highest BCUT2D eigenvalue weighted by atomic mass is 32.2. The lowest BCUT2D eigenvalue weighted by atomic mass is 10.1. The number of hydrogen-bond acceptors (Lipinski definition) is 4. The summed E-state index contributed by atoms with van der Waals surface area (Å²) in [5, 5.41) is 5.03. The maximum Gasteiger partial charge on any atom is 0.243 e. The standard InChI is InChI=1S/C15H17FN2O4S2/c1-11(12-6-8-14(9-7-12)23(17,19)20)18(2)24(21,22)15-5-3-4-13(16)10-15/h3-11H,1-2H3,(H2,17,19,20)/t11-/m1/s1. The lowest BCUT2D eigenvalue weighted by Gasteiger charge is -2.24. The van der Waals surface area contributed by atoms with E-state index in [0.717, 1.165) is 16.4 Å². The summed E-state index contributed by atoms with van der Waals surface area (Å²) in [5.74, 6) is -0.644. The third-order valence-corrected chi connectivity index (χ3v) is 6.56. The number of halogens is 1. The van der Waals surface area contributed by atoms with Gasteiger partial charge in [0.25, 0.3) is 0 Å². The molecule has 9 heteroatoms. The van der Waals surface area contributed by atoms with Crippen LogP contribution in [-0.2, 0) is 20.0 Å². The molecule has 2 N–H and O–H groups in total. The second kappa shape index (κ2) is 6.60. The molecular formula is C15H17FN2O4S2. The van der Waals surface area contributed by atoms with E-state index in [0.29, 0.717) is 5.56 Å². The first-order valence-corrected chi connectivity index (χ1v) is 9.88. The number of hydrogen-bond donors (Lipinski definition) is 1. The third kappa shape index (κ3) is 3.81. The van der Waals surface area contributed by atoms with Crippen molar-refractivity contribution in [3.63, 3.8) is 0 Å². The minimum Gasteiger partial charge on any atom is -0.225 e. The van der Waals surface area contributed by atoms with Gasteiger partial charge in [-0.1, -0.05) is 18.2 Å². The molecule has 2 aromatic rings. The molecule has 24 heavy (non-hydrogen) atoms. The van der Waals surface area contributed by atoms with Crippen LogP contribution in [0.5, 0.6) is 0 Å². The van der Waals surface area contributed by atoms with E-state index >= 15 is 0 Å². The molecule has 6 nitrogen and oxygen atoms in total. The van der Waals surface area contributed by atoms with Crippen molar-refractivity contribution in [1.29, 1.82) is 0 Å². The first-order valence-electron chi connectivity index (χ1n) is 6.90. The van der Waals surface area contributed by atoms with Gasteiger partial charge in [-0.15, -0.1) is 0 Å². The zero-order valence-corrected chi connectivity index (χ0v) is 14.7. The second-order valence-electron chi connectivity index (χ2n) is 5.27. The molecule has 0 spiro atoms. The summed E-state index contributed by atoms with van der Waals surface area (Å²) in [6.45, 7) is 1.64. The molecule has 0 aliphatic carbocycles. The van der Waals surface area contributed by atoms with Crippen LogP contribution in [0.15, 0.2) is 58.3 Å². The van der Waals surface area contributed by atoms with E-state index in [-0.39, 0.29) is 9.79 Å². The lowest BCUT2D eigenvalue weighted by molar-refractivity contribution is 0.398. The average molecular weight is 372 g/mol. The zero-order valence-electron chi connectivity index (χ0n) is 13.0. The van der Waals surface area contributed by atoms with E-state index in [2.05, 4.69) is 0 Å². The van der Waals surface area contributed by atoms with Crippen LogP contribution in [0.25, 0.3) is 0 Å². The molecule has 0 aliphatic heterocycles. The minimum absolute atomic E-state index is 0.0610. The van der Waals surface area contributed by atoms with Crippen LogP contribution in [0.2, 0.25) is 0 Å². The molecule has 0 radical (unpaired) electrons. The van der Waals surface area contributed by atoms with Crippen molar-refractivity contribution in [2.75, 3.05) is 7.05 Å². The Morgan fingerprint density at radius 3 is 2.08 bits per heavy atom. The highest BCUT2D eigenvalue weighted by Gasteiger charge is 2.26. The van der Waals surface area contributed by atoms with E-state index < -0.39 is 31.9 Å². The van der Waals surface area contributed by atoms with Crippen molar-refractivity contribution in [2.45, 2.75) is 22.8 Å². The van der Waals surface area contributed by atoms with Gasteiger partial charge in [0.15, 0.2) is 0 Å². The number of nitrogens with two attached hydrogens (primary N) is 1. The summed E-state index contributed by atoms with van der Waals surface area (Å²) >= 11 is 0. The first-order chi connectivity index (χ1) is 11.0. The number of benzene rings is 2. The number of nitrogens with zero attached hydrogens (tertiary/aromatic N) is 1. The normalized spacial score (nSPS) is 13.9. The van der Waals surface area contributed by atoms with Gasteiger partial charge in [-0.3, -0.25) is 0 Å². The third-order valence-electron chi connectivity index (χ3n) is 3.71. The Kier molecular flexibility index (Phi) is 5.09. The predicted molar refractivity (Wildman–Crippen MR) is 87.6 cm³/mol. The number of rotatable bonds is 5. The van der Waals surface area contributed by atoms with Crippen molar-refractivity contribution in [2.24, 2.45) is 5.14 Å². The fourth-order valence-corrected chi connectivity index (χ4v) is 4.05. The highest BCUT2D eigenvalue weighted by Crippen LogP contribution is 2.26. The van der Waals surface area contributed by atoms with Crippen molar-refractivity contribution < 1.29 is 21.2 Å². The predicted octanol–water partition coefficient (Wildman–Crippen LogP) is 1.85. The largest absolute Gasteiger partial charge is 0.243 e. The maximum atomic E-state index is 13.3. The van der Waals surface area contributed by atoms with E-state index in [1.165, 1.54) is 43.4 Å². The van der Waals surface area contributed by atoms with Crippen LogP contribution in [-0.4, -0.2) is 28.2 Å². The van der Waals surface area contributed by atoms with Gasteiger partial charge in [0.1, 0.15) is 5.82 Å². The fourth-order valence-electron chi connectivity index (χ4n) is 2.15. The summed E-state index contributed by atoms with van der Waals surface area (Å²) in [4.78, 5) is -0.216. The van der Waals surface area contributed by atoms with E-state index in [1.807, 2.05) is 0 Å². The number of primary sulfonamides is 1. The molecule has 0 heterocycles. The highest BCUT2D eigenvalue weighted by molar-refractivity contribution is 7.89. The van der Waals surface area contributed by atoms with Gasteiger partial charge >= 0.3 is 0 Å². The van der Waals surface area contributed by atoms with E-state index in [4.69, 9.17) is 5.14 Å². The summed E-state index contributed by atoms with van der Waals surface area (Å²) in [7, 11) is -6.34. The Labute approximate surface area is 140 Å². The van der Waals surface area contributed by atoms with Crippen molar-refractivity contribution in [3.8, 4) is 0 Å². The van der Waals surface area contributed by atoms with E-state index in [1.54, 1.807) is 6.92 Å². The van der Waals surface area contributed by atoms with Crippen LogP contribution in [0, 0.1) is 5.82 Å². The monoisotopic (exact) mass is 372 g/mol. The Balaban J connectivity index is 2.33. The summed E-state index contributed by atoms with van der Waals surface area (Å²) in [6, 6.07) is 9.75. The lowest BCUT2D eigenvalue weighted by Crippen LogP contribution is -2.30. The molecule has 1 atom stereocenters. The fraction of sp³-hybridized carbons (Fsp3) is 0.200. The van der Waals surface area contributed by atoms with Crippen LogP contribution < -0.4 is 5.14 Å². The van der Waals surface area contributed by atoms with Crippen molar-refractivity contribution in [1.82, 2.24) is 4.31 Å². The molecule has 0 unspecified atom stereocenters. The van der Waals surface area contributed by atoms with Gasteiger partial charge in [-0.2, -0.15) is 4.31 Å². The number of sulfonamides is 2. The van der Waals surface area contributed by atoms with Crippen molar-refractivity contribution in [3.05, 3.63) is 59.9 Å². The molecule has 0 saturated heterocycles. The summed E-state index contributed by atoms with van der Waals surface area (Å²) in [6.07, 6.45) is 0.